The highest BCUT2D eigenvalue weighted by atomic mass is 16.5. The quantitative estimate of drug-likeness (QED) is 0.827. The Balaban J connectivity index is 1.64. The van der Waals surface area contributed by atoms with E-state index >= 15 is 0 Å². The fourth-order valence-electron chi connectivity index (χ4n) is 2.54. The highest BCUT2D eigenvalue weighted by Gasteiger charge is 2.16. The van der Waals surface area contributed by atoms with Crippen LogP contribution in [0.3, 0.4) is 0 Å². The third kappa shape index (κ3) is 3.33. The monoisotopic (exact) mass is 263 g/mol. The van der Waals surface area contributed by atoms with Crippen LogP contribution in [0.15, 0.2) is 12.3 Å². The molecule has 3 rings (SSSR count). The minimum atomic E-state index is 0.439. The maximum absolute atomic E-state index is 5.36. The summed E-state index contributed by atoms with van der Waals surface area (Å²) >= 11 is 0. The van der Waals surface area contributed by atoms with Crippen molar-refractivity contribution in [3.8, 4) is 0 Å². The molecule has 1 aromatic heterocycles. The summed E-state index contributed by atoms with van der Waals surface area (Å²) in [4.78, 5) is 11.2. The van der Waals surface area contributed by atoms with Crippen molar-refractivity contribution in [2.75, 3.05) is 49.6 Å². The van der Waals surface area contributed by atoms with Gasteiger partial charge in [-0.05, 0) is 25.5 Å². The number of morpholine rings is 1. The molecule has 0 spiro atoms. The first kappa shape index (κ1) is 12.6. The van der Waals surface area contributed by atoms with Gasteiger partial charge in [0.2, 0.25) is 5.95 Å². The van der Waals surface area contributed by atoms with Gasteiger partial charge in [0.05, 0.1) is 13.2 Å². The van der Waals surface area contributed by atoms with Gasteiger partial charge in [-0.15, -0.1) is 0 Å². The molecule has 0 amide bonds. The second-order valence-corrected chi connectivity index (χ2v) is 5.03. The van der Waals surface area contributed by atoms with E-state index in [2.05, 4.69) is 25.5 Å². The fourth-order valence-corrected chi connectivity index (χ4v) is 2.54. The molecular formula is C13H21N5O. The molecule has 0 unspecified atom stereocenters. The lowest BCUT2D eigenvalue weighted by molar-refractivity contribution is 0.122. The molecule has 2 N–H and O–H groups in total. The number of nitrogens with zero attached hydrogens (tertiary/aromatic N) is 3. The van der Waals surface area contributed by atoms with Gasteiger partial charge in [-0.3, -0.25) is 0 Å². The molecule has 2 aliphatic heterocycles. The molecule has 2 saturated heterocycles. The Kier molecular flexibility index (Phi) is 4.10. The smallest absolute Gasteiger partial charge is 0.224 e. The number of hydrogen-bond donors (Lipinski definition) is 2. The van der Waals surface area contributed by atoms with Crippen LogP contribution in [0, 0.1) is 0 Å². The van der Waals surface area contributed by atoms with Gasteiger partial charge in [0, 0.05) is 31.9 Å². The van der Waals surface area contributed by atoms with Crippen LogP contribution in [-0.4, -0.2) is 55.4 Å². The van der Waals surface area contributed by atoms with Crippen molar-refractivity contribution in [2.24, 2.45) is 0 Å². The first-order chi connectivity index (χ1) is 9.42. The van der Waals surface area contributed by atoms with E-state index in [1.165, 1.54) is 12.8 Å². The third-order valence-electron chi connectivity index (χ3n) is 3.61. The minimum absolute atomic E-state index is 0.439. The van der Waals surface area contributed by atoms with Gasteiger partial charge in [0.25, 0.3) is 0 Å². The first-order valence-corrected chi connectivity index (χ1v) is 7.05. The predicted octanol–water partition coefficient (Wildman–Crippen LogP) is 0.477. The van der Waals surface area contributed by atoms with Crippen LogP contribution in [0.4, 0.5) is 11.8 Å². The number of rotatable bonds is 3. The summed E-state index contributed by atoms with van der Waals surface area (Å²) in [6.45, 7) is 5.47. The second kappa shape index (κ2) is 6.16. The normalized spacial score (nSPS) is 24.2. The molecule has 1 aromatic rings. The summed E-state index contributed by atoms with van der Waals surface area (Å²) in [5, 5.41) is 6.81. The zero-order valence-electron chi connectivity index (χ0n) is 11.1. The Morgan fingerprint density at radius 2 is 2.26 bits per heavy atom. The fraction of sp³-hybridized carbons (Fsp3) is 0.692. The van der Waals surface area contributed by atoms with Crippen LogP contribution >= 0.6 is 0 Å². The van der Waals surface area contributed by atoms with Crippen LogP contribution in [0.2, 0.25) is 0 Å². The van der Waals surface area contributed by atoms with Crippen molar-refractivity contribution in [1.29, 1.82) is 0 Å². The van der Waals surface area contributed by atoms with Crippen LogP contribution in [0.1, 0.15) is 12.8 Å². The molecule has 6 nitrogen and oxygen atoms in total. The molecule has 104 valence electrons. The van der Waals surface area contributed by atoms with Crippen LogP contribution in [0.5, 0.6) is 0 Å². The first-order valence-electron chi connectivity index (χ1n) is 7.05. The van der Waals surface area contributed by atoms with Gasteiger partial charge in [-0.25, -0.2) is 4.98 Å². The van der Waals surface area contributed by atoms with E-state index in [0.717, 1.165) is 51.2 Å². The average Bonchev–Trinajstić information content (AvgIpc) is 2.49. The van der Waals surface area contributed by atoms with Gasteiger partial charge >= 0.3 is 0 Å². The lowest BCUT2D eigenvalue weighted by Crippen LogP contribution is -2.39. The van der Waals surface area contributed by atoms with Gasteiger partial charge < -0.3 is 20.3 Å². The molecule has 6 heteroatoms. The van der Waals surface area contributed by atoms with Gasteiger partial charge in [-0.2, -0.15) is 4.98 Å². The van der Waals surface area contributed by atoms with E-state index in [0.29, 0.717) is 6.04 Å². The highest BCUT2D eigenvalue weighted by Crippen LogP contribution is 2.15. The van der Waals surface area contributed by atoms with Crippen LogP contribution < -0.4 is 15.5 Å². The van der Waals surface area contributed by atoms with Gasteiger partial charge in [0.1, 0.15) is 5.82 Å². The number of ether oxygens (including phenoxy) is 1. The Morgan fingerprint density at radius 1 is 1.37 bits per heavy atom. The molecule has 2 fully saturated rings. The Hall–Kier alpha value is -1.40. The largest absolute Gasteiger partial charge is 0.378 e. The maximum atomic E-state index is 5.36. The Bertz CT molecular complexity index is 402. The number of hydrogen-bond acceptors (Lipinski definition) is 6. The number of piperidine rings is 1. The molecule has 0 saturated carbocycles. The summed E-state index contributed by atoms with van der Waals surface area (Å²) in [6, 6.07) is 2.41. The molecular weight excluding hydrogens is 242 g/mol. The standard InChI is InChI=1S/C13H21N5O/c1-2-11(10-14-4-1)16-13-15-5-3-12(17-13)18-6-8-19-9-7-18/h3,5,11,14H,1-2,4,6-10H2,(H,15,16,17)/t11-/m1/s1. The summed E-state index contributed by atoms with van der Waals surface area (Å²) < 4.78 is 5.36. The Labute approximate surface area is 113 Å². The van der Waals surface area contributed by atoms with E-state index in [1.54, 1.807) is 0 Å². The summed E-state index contributed by atoms with van der Waals surface area (Å²) in [7, 11) is 0. The summed E-state index contributed by atoms with van der Waals surface area (Å²) in [5.74, 6) is 1.72. The van der Waals surface area contributed by atoms with Crippen molar-refractivity contribution < 1.29 is 4.74 Å². The molecule has 0 aromatic carbocycles. The SMILES string of the molecule is c1cc(N2CCOCC2)nc(N[C@@H]2CCCNC2)n1. The topological polar surface area (TPSA) is 62.3 Å². The van der Waals surface area contributed by atoms with Crippen molar-refractivity contribution in [3.63, 3.8) is 0 Å². The molecule has 0 bridgehead atoms. The van der Waals surface area contributed by atoms with Crippen molar-refractivity contribution in [2.45, 2.75) is 18.9 Å². The number of aromatic nitrogens is 2. The lowest BCUT2D eigenvalue weighted by atomic mass is 10.1. The van der Waals surface area contributed by atoms with E-state index in [9.17, 15) is 0 Å². The van der Waals surface area contributed by atoms with E-state index in [4.69, 9.17) is 4.74 Å². The van der Waals surface area contributed by atoms with Crippen LogP contribution in [0.25, 0.3) is 0 Å². The highest BCUT2D eigenvalue weighted by molar-refractivity contribution is 5.43. The molecule has 0 radical (unpaired) electrons. The molecule has 0 aliphatic carbocycles. The third-order valence-corrected chi connectivity index (χ3v) is 3.61. The summed E-state index contributed by atoms with van der Waals surface area (Å²) in [5.41, 5.74) is 0. The summed E-state index contributed by atoms with van der Waals surface area (Å²) in [6.07, 6.45) is 4.22. The molecule has 1 atom stereocenters. The minimum Gasteiger partial charge on any atom is -0.378 e. The van der Waals surface area contributed by atoms with Crippen LogP contribution in [-0.2, 0) is 4.74 Å². The average molecular weight is 263 g/mol. The molecule has 19 heavy (non-hydrogen) atoms. The number of nitrogens with one attached hydrogen (secondary N) is 2. The van der Waals surface area contributed by atoms with E-state index < -0.39 is 0 Å². The van der Waals surface area contributed by atoms with Crippen molar-refractivity contribution in [1.82, 2.24) is 15.3 Å². The lowest BCUT2D eigenvalue weighted by Gasteiger charge is -2.28. The van der Waals surface area contributed by atoms with Crippen molar-refractivity contribution in [3.05, 3.63) is 12.3 Å². The Morgan fingerprint density at radius 3 is 3.05 bits per heavy atom. The van der Waals surface area contributed by atoms with E-state index in [-0.39, 0.29) is 0 Å². The van der Waals surface area contributed by atoms with Gasteiger partial charge in [-0.1, -0.05) is 0 Å². The van der Waals surface area contributed by atoms with E-state index in [1.807, 2.05) is 12.3 Å². The predicted molar refractivity (Wildman–Crippen MR) is 74.6 cm³/mol. The second-order valence-electron chi connectivity index (χ2n) is 5.03. The zero-order chi connectivity index (χ0) is 12.9. The number of anilines is 2. The molecule has 2 aliphatic rings. The van der Waals surface area contributed by atoms with Crippen molar-refractivity contribution >= 4 is 11.8 Å². The molecule has 3 heterocycles. The zero-order valence-corrected chi connectivity index (χ0v) is 11.1. The van der Waals surface area contributed by atoms with Gasteiger partial charge in [0.15, 0.2) is 0 Å². The maximum Gasteiger partial charge on any atom is 0.224 e.